The fourth-order valence-corrected chi connectivity index (χ4v) is 2.27. The SMILES string of the molecule is CC1CCN(C(=O)NC(=O)CCCCC(=O)O)CC1C. The molecule has 0 aromatic carbocycles. The molecule has 0 spiro atoms. The van der Waals surface area contributed by atoms with E-state index in [4.69, 9.17) is 5.11 Å². The van der Waals surface area contributed by atoms with Crippen LogP contribution < -0.4 is 5.32 Å². The molecule has 0 saturated carbocycles. The largest absolute Gasteiger partial charge is 0.481 e. The Morgan fingerprint density at radius 2 is 1.80 bits per heavy atom. The van der Waals surface area contributed by atoms with E-state index in [1.807, 2.05) is 0 Å². The molecule has 3 amide bonds. The van der Waals surface area contributed by atoms with Gasteiger partial charge in [0.15, 0.2) is 0 Å². The summed E-state index contributed by atoms with van der Waals surface area (Å²) in [6, 6.07) is -0.327. The summed E-state index contributed by atoms with van der Waals surface area (Å²) in [4.78, 5) is 35.5. The van der Waals surface area contributed by atoms with Crippen molar-refractivity contribution in [3.63, 3.8) is 0 Å². The number of carboxylic acid groups (broad SMARTS) is 1. The summed E-state index contributed by atoms with van der Waals surface area (Å²) in [6.07, 6.45) is 2.15. The average molecular weight is 284 g/mol. The van der Waals surface area contributed by atoms with Gasteiger partial charge in [-0.2, -0.15) is 0 Å². The van der Waals surface area contributed by atoms with Crippen LogP contribution in [0.2, 0.25) is 0 Å². The Balaban J connectivity index is 2.24. The van der Waals surface area contributed by atoms with Crippen molar-refractivity contribution >= 4 is 17.9 Å². The van der Waals surface area contributed by atoms with Gasteiger partial charge in [-0.1, -0.05) is 13.8 Å². The van der Waals surface area contributed by atoms with Crippen molar-refractivity contribution in [2.75, 3.05) is 13.1 Å². The number of aliphatic carboxylic acids is 1. The van der Waals surface area contributed by atoms with Crippen LogP contribution in [0.3, 0.4) is 0 Å². The molecule has 0 bridgehead atoms. The van der Waals surface area contributed by atoms with Gasteiger partial charge in [0.05, 0.1) is 0 Å². The van der Waals surface area contributed by atoms with E-state index in [0.717, 1.165) is 6.42 Å². The van der Waals surface area contributed by atoms with Crippen LogP contribution in [0.15, 0.2) is 0 Å². The monoisotopic (exact) mass is 284 g/mol. The molecule has 1 saturated heterocycles. The van der Waals surface area contributed by atoms with Gasteiger partial charge < -0.3 is 10.0 Å². The molecule has 1 aliphatic rings. The number of carbonyl (C=O) groups excluding carboxylic acids is 2. The van der Waals surface area contributed by atoms with Gasteiger partial charge >= 0.3 is 12.0 Å². The lowest BCUT2D eigenvalue weighted by atomic mass is 9.89. The lowest BCUT2D eigenvalue weighted by Crippen LogP contribution is -2.48. The van der Waals surface area contributed by atoms with Crippen molar-refractivity contribution < 1.29 is 19.5 Å². The molecule has 6 heteroatoms. The smallest absolute Gasteiger partial charge is 0.324 e. The van der Waals surface area contributed by atoms with Gasteiger partial charge in [-0.05, 0) is 31.1 Å². The number of likely N-dealkylation sites (tertiary alicyclic amines) is 1. The molecule has 0 aromatic heterocycles. The zero-order valence-corrected chi connectivity index (χ0v) is 12.2. The first-order valence-corrected chi connectivity index (χ1v) is 7.20. The van der Waals surface area contributed by atoms with E-state index in [-0.39, 0.29) is 24.8 Å². The van der Waals surface area contributed by atoms with Crippen molar-refractivity contribution in [3.05, 3.63) is 0 Å². The summed E-state index contributed by atoms with van der Waals surface area (Å²) < 4.78 is 0. The number of hydrogen-bond acceptors (Lipinski definition) is 3. The normalized spacial score (nSPS) is 22.4. The lowest BCUT2D eigenvalue weighted by molar-refractivity contribution is -0.137. The molecule has 2 N–H and O–H groups in total. The molecule has 1 heterocycles. The molecule has 1 fully saturated rings. The third-order valence-electron chi connectivity index (χ3n) is 3.91. The molecular weight excluding hydrogens is 260 g/mol. The third-order valence-corrected chi connectivity index (χ3v) is 3.91. The molecule has 1 aliphatic heterocycles. The second-order valence-corrected chi connectivity index (χ2v) is 5.64. The first-order valence-electron chi connectivity index (χ1n) is 7.20. The Morgan fingerprint density at radius 3 is 2.40 bits per heavy atom. The van der Waals surface area contributed by atoms with Crippen LogP contribution in [-0.4, -0.2) is 41.0 Å². The summed E-state index contributed by atoms with van der Waals surface area (Å²) in [5.74, 6) is -0.143. The Labute approximate surface area is 119 Å². The van der Waals surface area contributed by atoms with E-state index >= 15 is 0 Å². The van der Waals surface area contributed by atoms with Gasteiger partial charge in [-0.25, -0.2) is 4.79 Å². The highest BCUT2D eigenvalue weighted by Gasteiger charge is 2.26. The highest BCUT2D eigenvalue weighted by Crippen LogP contribution is 2.22. The Morgan fingerprint density at radius 1 is 1.15 bits per heavy atom. The average Bonchev–Trinajstić information content (AvgIpc) is 2.37. The maximum atomic E-state index is 11.9. The number of nitrogens with one attached hydrogen (secondary N) is 1. The maximum Gasteiger partial charge on any atom is 0.324 e. The van der Waals surface area contributed by atoms with Crippen LogP contribution in [0.1, 0.15) is 46.0 Å². The van der Waals surface area contributed by atoms with Gasteiger partial charge in [-0.15, -0.1) is 0 Å². The predicted molar refractivity (Wildman–Crippen MR) is 74.2 cm³/mol. The number of rotatable bonds is 5. The third kappa shape index (κ3) is 5.59. The number of hydrogen-bond donors (Lipinski definition) is 2. The summed E-state index contributed by atoms with van der Waals surface area (Å²) in [7, 11) is 0. The van der Waals surface area contributed by atoms with E-state index < -0.39 is 5.97 Å². The quantitative estimate of drug-likeness (QED) is 0.754. The van der Waals surface area contributed by atoms with Gasteiger partial charge in [0, 0.05) is 25.9 Å². The molecule has 2 atom stereocenters. The fourth-order valence-electron chi connectivity index (χ4n) is 2.27. The standard InChI is InChI=1S/C14H24N2O4/c1-10-7-8-16(9-11(10)2)14(20)15-12(17)5-3-4-6-13(18)19/h10-11H,3-9H2,1-2H3,(H,18,19)(H,15,17,20). The van der Waals surface area contributed by atoms with Crippen molar-refractivity contribution in [1.82, 2.24) is 10.2 Å². The number of piperidine rings is 1. The number of urea groups is 1. The summed E-state index contributed by atoms with van der Waals surface area (Å²) in [6.45, 7) is 5.65. The molecule has 0 aliphatic carbocycles. The van der Waals surface area contributed by atoms with Crippen molar-refractivity contribution in [2.45, 2.75) is 46.0 Å². The number of imide groups is 1. The van der Waals surface area contributed by atoms with E-state index in [1.165, 1.54) is 0 Å². The Bertz CT molecular complexity index is 370. The van der Waals surface area contributed by atoms with Crippen LogP contribution in [0.5, 0.6) is 0 Å². The molecule has 1 rings (SSSR count). The molecule has 2 unspecified atom stereocenters. The second kappa shape index (κ2) is 7.87. The first-order chi connectivity index (χ1) is 9.40. The van der Waals surface area contributed by atoms with Gasteiger partial charge in [0.25, 0.3) is 0 Å². The van der Waals surface area contributed by atoms with Crippen LogP contribution in [0.4, 0.5) is 4.79 Å². The molecule has 0 radical (unpaired) electrons. The maximum absolute atomic E-state index is 11.9. The van der Waals surface area contributed by atoms with Crippen LogP contribution in [0, 0.1) is 11.8 Å². The minimum absolute atomic E-state index is 0.0583. The van der Waals surface area contributed by atoms with Crippen LogP contribution >= 0.6 is 0 Å². The topological polar surface area (TPSA) is 86.7 Å². The summed E-state index contributed by atoms with van der Waals surface area (Å²) >= 11 is 0. The first kappa shape index (κ1) is 16.5. The second-order valence-electron chi connectivity index (χ2n) is 5.64. The van der Waals surface area contributed by atoms with E-state index in [2.05, 4.69) is 19.2 Å². The van der Waals surface area contributed by atoms with Crippen LogP contribution in [-0.2, 0) is 9.59 Å². The number of carboxylic acids is 1. The van der Waals surface area contributed by atoms with Gasteiger partial charge in [0.2, 0.25) is 5.91 Å². The van der Waals surface area contributed by atoms with Crippen molar-refractivity contribution in [2.24, 2.45) is 11.8 Å². The van der Waals surface area contributed by atoms with Gasteiger partial charge in [0.1, 0.15) is 0 Å². The summed E-state index contributed by atoms with van der Waals surface area (Å²) in [5, 5.41) is 10.9. The highest BCUT2D eigenvalue weighted by molar-refractivity contribution is 5.94. The molecular formula is C14H24N2O4. The van der Waals surface area contributed by atoms with Crippen molar-refractivity contribution in [3.8, 4) is 0 Å². The number of amides is 3. The zero-order chi connectivity index (χ0) is 15.1. The minimum Gasteiger partial charge on any atom is -0.481 e. The molecule has 0 aromatic rings. The number of nitrogens with zero attached hydrogens (tertiary/aromatic N) is 1. The van der Waals surface area contributed by atoms with Crippen LogP contribution in [0.25, 0.3) is 0 Å². The molecule has 114 valence electrons. The predicted octanol–water partition coefficient (Wildman–Crippen LogP) is 1.85. The number of carbonyl (C=O) groups is 3. The minimum atomic E-state index is -0.863. The molecule has 6 nitrogen and oxygen atoms in total. The van der Waals surface area contributed by atoms with E-state index in [0.29, 0.717) is 37.8 Å². The Kier molecular flexibility index (Phi) is 6.48. The zero-order valence-electron chi connectivity index (χ0n) is 12.2. The molecule has 20 heavy (non-hydrogen) atoms. The van der Waals surface area contributed by atoms with Gasteiger partial charge in [-0.3, -0.25) is 14.9 Å². The highest BCUT2D eigenvalue weighted by atomic mass is 16.4. The summed E-state index contributed by atoms with van der Waals surface area (Å²) in [5.41, 5.74) is 0. The number of unbranched alkanes of at least 4 members (excludes halogenated alkanes) is 1. The van der Waals surface area contributed by atoms with E-state index in [9.17, 15) is 14.4 Å². The van der Waals surface area contributed by atoms with E-state index in [1.54, 1.807) is 4.90 Å². The Hall–Kier alpha value is -1.59. The lowest BCUT2D eigenvalue weighted by Gasteiger charge is -2.35. The fraction of sp³-hybridized carbons (Fsp3) is 0.786. The van der Waals surface area contributed by atoms with Crippen molar-refractivity contribution in [1.29, 1.82) is 0 Å².